The van der Waals surface area contributed by atoms with Gasteiger partial charge < -0.3 is 10.6 Å². The van der Waals surface area contributed by atoms with Crippen LogP contribution in [0.25, 0.3) is 0 Å². The fourth-order valence-corrected chi connectivity index (χ4v) is 2.67. The largest absolute Gasteiger partial charge is 0.351 e. The summed E-state index contributed by atoms with van der Waals surface area (Å²) in [6, 6.07) is 15.5. The molecule has 2 amide bonds. The molecule has 0 saturated heterocycles. The second kappa shape index (κ2) is 8.39. The number of thioether (sulfide) groups is 1. The number of anilines is 1. The van der Waals surface area contributed by atoms with Crippen LogP contribution in [0.5, 0.6) is 0 Å². The minimum absolute atomic E-state index is 0.00140. The quantitative estimate of drug-likeness (QED) is 0.800. The molecular weight excluding hydrogens is 308 g/mol. The normalized spacial score (nSPS) is 10.2. The van der Waals surface area contributed by atoms with Gasteiger partial charge in [-0.05, 0) is 36.8 Å². The molecule has 0 heterocycles. The van der Waals surface area contributed by atoms with Gasteiger partial charge in [0.25, 0.3) is 0 Å². The molecule has 4 nitrogen and oxygen atoms in total. The molecule has 5 heteroatoms. The molecule has 0 radical (unpaired) electrons. The molecule has 120 valence electrons. The van der Waals surface area contributed by atoms with Crippen molar-refractivity contribution in [2.24, 2.45) is 0 Å². The highest BCUT2D eigenvalue weighted by atomic mass is 32.2. The number of rotatable bonds is 6. The Kier molecular flexibility index (Phi) is 6.23. The molecule has 0 aliphatic rings. The lowest BCUT2D eigenvalue weighted by Crippen LogP contribution is -2.24. The van der Waals surface area contributed by atoms with E-state index in [1.807, 2.05) is 55.5 Å². The van der Waals surface area contributed by atoms with Crippen molar-refractivity contribution >= 4 is 29.3 Å². The Hall–Kier alpha value is -2.27. The Morgan fingerprint density at radius 3 is 2.26 bits per heavy atom. The number of benzene rings is 2. The van der Waals surface area contributed by atoms with Crippen LogP contribution in [0.15, 0.2) is 53.4 Å². The molecule has 0 bridgehead atoms. The summed E-state index contributed by atoms with van der Waals surface area (Å²) in [5.41, 5.74) is 3.05. The summed E-state index contributed by atoms with van der Waals surface area (Å²) in [5.74, 6) is 0.271. The van der Waals surface area contributed by atoms with E-state index in [9.17, 15) is 9.59 Å². The number of carbonyl (C=O) groups is 2. The first-order valence-corrected chi connectivity index (χ1v) is 8.34. The van der Waals surface area contributed by atoms with Crippen molar-refractivity contribution in [2.75, 3.05) is 11.1 Å². The molecule has 2 aromatic carbocycles. The third kappa shape index (κ3) is 6.16. The molecule has 0 atom stereocenters. The highest BCUT2D eigenvalue weighted by Crippen LogP contribution is 2.20. The number of hydrogen-bond donors (Lipinski definition) is 2. The minimum Gasteiger partial charge on any atom is -0.351 e. The van der Waals surface area contributed by atoms with Crippen LogP contribution in [0.2, 0.25) is 0 Å². The van der Waals surface area contributed by atoms with Gasteiger partial charge in [0.05, 0.1) is 5.75 Å². The van der Waals surface area contributed by atoms with Crippen molar-refractivity contribution in [2.45, 2.75) is 25.3 Å². The van der Waals surface area contributed by atoms with Crippen LogP contribution in [0, 0.1) is 6.92 Å². The molecule has 0 spiro atoms. The van der Waals surface area contributed by atoms with Gasteiger partial charge in [-0.2, -0.15) is 0 Å². The van der Waals surface area contributed by atoms with Gasteiger partial charge in [-0.3, -0.25) is 9.59 Å². The second-order valence-electron chi connectivity index (χ2n) is 5.26. The van der Waals surface area contributed by atoms with Crippen LogP contribution in [0.3, 0.4) is 0 Å². The lowest BCUT2D eigenvalue weighted by Gasteiger charge is -2.07. The first kappa shape index (κ1) is 17.1. The Bertz CT molecular complexity index is 666. The van der Waals surface area contributed by atoms with E-state index in [-0.39, 0.29) is 11.8 Å². The highest BCUT2D eigenvalue weighted by molar-refractivity contribution is 8.00. The van der Waals surface area contributed by atoms with Crippen LogP contribution >= 0.6 is 11.8 Å². The Morgan fingerprint density at radius 2 is 1.65 bits per heavy atom. The van der Waals surface area contributed by atoms with E-state index in [4.69, 9.17) is 0 Å². The second-order valence-corrected chi connectivity index (χ2v) is 6.31. The smallest absolute Gasteiger partial charge is 0.230 e. The van der Waals surface area contributed by atoms with Gasteiger partial charge in [-0.25, -0.2) is 0 Å². The van der Waals surface area contributed by atoms with E-state index in [2.05, 4.69) is 10.6 Å². The summed E-state index contributed by atoms with van der Waals surface area (Å²) in [6.45, 7) is 4.05. The maximum atomic E-state index is 11.9. The molecule has 0 aromatic heterocycles. The Morgan fingerprint density at radius 1 is 1.00 bits per heavy atom. The Labute approximate surface area is 140 Å². The number of nitrogens with one attached hydrogen (secondary N) is 2. The third-order valence-corrected chi connectivity index (χ3v) is 4.17. The number of aryl methyl sites for hydroxylation is 1. The van der Waals surface area contributed by atoms with Crippen LogP contribution in [0.1, 0.15) is 18.1 Å². The third-order valence-electron chi connectivity index (χ3n) is 3.15. The van der Waals surface area contributed by atoms with Crippen molar-refractivity contribution in [3.05, 3.63) is 59.7 Å². The molecule has 0 aliphatic heterocycles. The molecular formula is C18H20N2O2S. The van der Waals surface area contributed by atoms with Crippen LogP contribution in [-0.4, -0.2) is 17.6 Å². The van der Waals surface area contributed by atoms with Gasteiger partial charge in [0.1, 0.15) is 0 Å². The monoisotopic (exact) mass is 328 g/mol. The minimum atomic E-state index is -0.0964. The summed E-state index contributed by atoms with van der Waals surface area (Å²) < 4.78 is 0. The first-order chi connectivity index (χ1) is 11.0. The average Bonchev–Trinajstić information content (AvgIpc) is 2.53. The van der Waals surface area contributed by atoms with E-state index in [0.717, 1.165) is 16.1 Å². The Balaban J connectivity index is 1.75. The van der Waals surface area contributed by atoms with Gasteiger partial charge in [0, 0.05) is 24.1 Å². The SMILES string of the molecule is CC(=O)Nc1ccc(SCC(=O)NCc2ccc(C)cc2)cc1. The maximum Gasteiger partial charge on any atom is 0.230 e. The number of amides is 2. The molecule has 2 N–H and O–H groups in total. The standard InChI is InChI=1S/C18H20N2O2S/c1-13-3-5-15(6-4-13)11-19-18(22)12-23-17-9-7-16(8-10-17)20-14(2)21/h3-10H,11-12H2,1-2H3,(H,19,22)(H,20,21). The molecule has 23 heavy (non-hydrogen) atoms. The van der Waals surface area contributed by atoms with Gasteiger partial charge in [0.2, 0.25) is 11.8 Å². The van der Waals surface area contributed by atoms with Crippen molar-refractivity contribution in [1.82, 2.24) is 5.32 Å². The zero-order valence-electron chi connectivity index (χ0n) is 13.3. The fourth-order valence-electron chi connectivity index (χ4n) is 1.94. The maximum absolute atomic E-state index is 11.9. The van der Waals surface area contributed by atoms with Crippen molar-refractivity contribution in [3.8, 4) is 0 Å². The van der Waals surface area contributed by atoms with E-state index < -0.39 is 0 Å². The van der Waals surface area contributed by atoms with Crippen molar-refractivity contribution in [3.63, 3.8) is 0 Å². The zero-order valence-corrected chi connectivity index (χ0v) is 14.1. The average molecular weight is 328 g/mol. The van der Waals surface area contributed by atoms with Crippen LogP contribution in [0.4, 0.5) is 5.69 Å². The summed E-state index contributed by atoms with van der Waals surface area (Å²) in [6.07, 6.45) is 0. The predicted molar refractivity (Wildman–Crippen MR) is 94.5 cm³/mol. The molecule has 2 rings (SSSR count). The molecule has 0 aliphatic carbocycles. The molecule has 0 unspecified atom stereocenters. The molecule has 0 saturated carbocycles. The first-order valence-electron chi connectivity index (χ1n) is 7.35. The van der Waals surface area contributed by atoms with Crippen LogP contribution in [-0.2, 0) is 16.1 Å². The van der Waals surface area contributed by atoms with Gasteiger partial charge in [0.15, 0.2) is 0 Å². The van der Waals surface area contributed by atoms with Crippen molar-refractivity contribution < 1.29 is 9.59 Å². The lowest BCUT2D eigenvalue weighted by molar-refractivity contribution is -0.118. The molecule has 0 fully saturated rings. The lowest BCUT2D eigenvalue weighted by atomic mass is 10.1. The number of carbonyl (C=O) groups excluding carboxylic acids is 2. The highest BCUT2D eigenvalue weighted by Gasteiger charge is 2.03. The topological polar surface area (TPSA) is 58.2 Å². The predicted octanol–water partition coefficient (Wildman–Crippen LogP) is 3.36. The number of hydrogen-bond acceptors (Lipinski definition) is 3. The zero-order chi connectivity index (χ0) is 16.7. The summed E-state index contributed by atoms with van der Waals surface area (Å²) >= 11 is 1.47. The van der Waals surface area contributed by atoms with E-state index >= 15 is 0 Å². The van der Waals surface area contributed by atoms with Gasteiger partial charge >= 0.3 is 0 Å². The van der Waals surface area contributed by atoms with Crippen LogP contribution < -0.4 is 10.6 Å². The summed E-state index contributed by atoms with van der Waals surface area (Å²) in [7, 11) is 0. The van der Waals surface area contributed by atoms with Crippen molar-refractivity contribution in [1.29, 1.82) is 0 Å². The van der Waals surface area contributed by atoms with Gasteiger partial charge in [-0.1, -0.05) is 29.8 Å². The van der Waals surface area contributed by atoms with E-state index in [0.29, 0.717) is 12.3 Å². The summed E-state index contributed by atoms with van der Waals surface area (Å²) in [4.78, 5) is 23.8. The molecule has 2 aromatic rings. The van der Waals surface area contributed by atoms with E-state index in [1.54, 1.807) is 0 Å². The van der Waals surface area contributed by atoms with E-state index in [1.165, 1.54) is 24.2 Å². The fraction of sp³-hybridized carbons (Fsp3) is 0.222. The van der Waals surface area contributed by atoms with Gasteiger partial charge in [-0.15, -0.1) is 11.8 Å². The summed E-state index contributed by atoms with van der Waals surface area (Å²) in [5, 5.41) is 5.62.